The summed E-state index contributed by atoms with van der Waals surface area (Å²) in [6, 6.07) is 16.4. The van der Waals surface area contributed by atoms with Gasteiger partial charge in [0, 0.05) is 25.1 Å². The highest BCUT2D eigenvalue weighted by Crippen LogP contribution is 2.11. The van der Waals surface area contributed by atoms with Crippen LogP contribution in [0.25, 0.3) is 5.82 Å². The van der Waals surface area contributed by atoms with Gasteiger partial charge in [0.1, 0.15) is 0 Å². The molecule has 134 valence electrons. The summed E-state index contributed by atoms with van der Waals surface area (Å²) in [6.45, 7) is 5.56. The van der Waals surface area contributed by atoms with E-state index in [0.717, 1.165) is 23.9 Å². The number of nitrogens with zero attached hydrogens (tertiary/aromatic N) is 4. The summed E-state index contributed by atoms with van der Waals surface area (Å²) in [4.78, 5) is 9.06. The Bertz CT molecular complexity index is 827. The summed E-state index contributed by atoms with van der Waals surface area (Å²) in [5.74, 6) is 1.58. The summed E-state index contributed by atoms with van der Waals surface area (Å²) in [7, 11) is 0. The molecule has 0 spiro atoms. The average Bonchev–Trinajstić information content (AvgIpc) is 3.22. The molecule has 0 aliphatic rings. The Balaban J connectivity index is 1.70. The van der Waals surface area contributed by atoms with E-state index in [1.54, 1.807) is 17.1 Å². The lowest BCUT2D eigenvalue weighted by Gasteiger charge is -2.18. The number of aromatic nitrogens is 3. The predicted molar refractivity (Wildman–Crippen MR) is 104 cm³/mol. The highest BCUT2D eigenvalue weighted by atomic mass is 15.3. The van der Waals surface area contributed by atoms with Gasteiger partial charge in [-0.15, -0.1) is 0 Å². The van der Waals surface area contributed by atoms with Gasteiger partial charge in [-0.1, -0.05) is 30.3 Å². The van der Waals surface area contributed by atoms with Crippen LogP contribution in [0.1, 0.15) is 31.0 Å². The van der Waals surface area contributed by atoms with Crippen LogP contribution in [0.15, 0.2) is 72.1 Å². The number of benzene rings is 1. The first kappa shape index (κ1) is 17.7. The largest absolute Gasteiger partial charge is 0.357 e. The van der Waals surface area contributed by atoms with Crippen molar-refractivity contribution in [1.29, 1.82) is 0 Å². The van der Waals surface area contributed by atoms with Crippen LogP contribution in [0.2, 0.25) is 0 Å². The van der Waals surface area contributed by atoms with Crippen LogP contribution >= 0.6 is 0 Å². The average molecular weight is 348 g/mol. The second-order valence-corrected chi connectivity index (χ2v) is 5.94. The number of guanidine groups is 1. The number of pyridine rings is 1. The van der Waals surface area contributed by atoms with Crippen LogP contribution in [0, 0.1) is 0 Å². The fourth-order valence-electron chi connectivity index (χ4n) is 2.61. The Morgan fingerprint density at radius 1 is 1.15 bits per heavy atom. The molecule has 0 bridgehead atoms. The Labute approximate surface area is 154 Å². The molecule has 2 N–H and O–H groups in total. The van der Waals surface area contributed by atoms with Gasteiger partial charge in [-0.2, -0.15) is 5.10 Å². The zero-order valence-electron chi connectivity index (χ0n) is 15.1. The normalized spacial score (nSPS) is 12.6. The molecule has 2 aromatic heterocycles. The Hall–Kier alpha value is -3.15. The molecule has 0 amide bonds. The Kier molecular flexibility index (Phi) is 5.98. The summed E-state index contributed by atoms with van der Waals surface area (Å²) in [5, 5.41) is 11.0. The SMILES string of the molecule is CCNC(=NCc1ccnc(-n2cccn2)c1)NC(C)c1ccccc1. The first-order chi connectivity index (χ1) is 12.8. The standard InChI is InChI=1S/C20H24N6/c1-3-21-20(25-16(2)18-8-5-4-6-9-18)23-15-17-10-12-22-19(14-17)26-13-7-11-24-26/h4-14,16H,3,15H2,1-2H3,(H2,21,23,25). The molecular formula is C20H24N6. The molecule has 2 heterocycles. The fourth-order valence-corrected chi connectivity index (χ4v) is 2.61. The second-order valence-electron chi connectivity index (χ2n) is 5.94. The van der Waals surface area contributed by atoms with Crippen molar-refractivity contribution in [3.05, 3.63) is 78.2 Å². The van der Waals surface area contributed by atoms with Gasteiger partial charge in [0.2, 0.25) is 0 Å². The zero-order valence-corrected chi connectivity index (χ0v) is 15.1. The van der Waals surface area contributed by atoms with Crippen molar-refractivity contribution in [2.24, 2.45) is 4.99 Å². The van der Waals surface area contributed by atoms with Crippen LogP contribution in [0.3, 0.4) is 0 Å². The molecule has 3 rings (SSSR count). The van der Waals surface area contributed by atoms with Gasteiger partial charge >= 0.3 is 0 Å². The molecule has 1 aromatic carbocycles. The van der Waals surface area contributed by atoms with Crippen molar-refractivity contribution in [3.8, 4) is 5.82 Å². The van der Waals surface area contributed by atoms with Gasteiger partial charge in [0.05, 0.1) is 12.6 Å². The number of rotatable bonds is 6. The minimum atomic E-state index is 0.172. The quantitative estimate of drug-likeness (QED) is 0.531. The molecule has 1 unspecified atom stereocenters. The lowest BCUT2D eigenvalue weighted by atomic mass is 10.1. The molecule has 0 radical (unpaired) electrons. The molecule has 26 heavy (non-hydrogen) atoms. The number of hydrogen-bond donors (Lipinski definition) is 2. The minimum Gasteiger partial charge on any atom is -0.357 e. The van der Waals surface area contributed by atoms with Crippen LogP contribution < -0.4 is 10.6 Å². The third-order valence-electron chi connectivity index (χ3n) is 3.97. The summed E-state index contributed by atoms with van der Waals surface area (Å²) >= 11 is 0. The maximum absolute atomic E-state index is 4.71. The maximum atomic E-state index is 4.71. The molecule has 6 heteroatoms. The van der Waals surface area contributed by atoms with Gasteiger partial charge in [0.15, 0.2) is 11.8 Å². The summed E-state index contributed by atoms with van der Waals surface area (Å²) < 4.78 is 1.74. The number of nitrogens with one attached hydrogen (secondary N) is 2. The third-order valence-corrected chi connectivity index (χ3v) is 3.97. The third kappa shape index (κ3) is 4.69. The van der Waals surface area contributed by atoms with E-state index in [4.69, 9.17) is 4.99 Å². The van der Waals surface area contributed by atoms with E-state index in [2.05, 4.69) is 46.7 Å². The van der Waals surface area contributed by atoms with Gasteiger partial charge in [-0.25, -0.2) is 14.7 Å². The van der Waals surface area contributed by atoms with Crippen molar-refractivity contribution in [2.45, 2.75) is 26.4 Å². The molecule has 0 saturated carbocycles. The van der Waals surface area contributed by atoms with Crippen LogP contribution in [-0.4, -0.2) is 27.3 Å². The Morgan fingerprint density at radius 2 is 2.00 bits per heavy atom. The molecular weight excluding hydrogens is 324 g/mol. The van der Waals surface area contributed by atoms with E-state index in [0.29, 0.717) is 6.54 Å². The van der Waals surface area contributed by atoms with Gasteiger partial charge in [0.25, 0.3) is 0 Å². The van der Waals surface area contributed by atoms with Crippen molar-refractivity contribution < 1.29 is 0 Å². The van der Waals surface area contributed by atoms with E-state index in [1.807, 2.05) is 42.6 Å². The van der Waals surface area contributed by atoms with Crippen molar-refractivity contribution in [3.63, 3.8) is 0 Å². The predicted octanol–water partition coefficient (Wildman–Crippen LogP) is 3.08. The van der Waals surface area contributed by atoms with Gasteiger partial charge < -0.3 is 10.6 Å². The van der Waals surface area contributed by atoms with Crippen LogP contribution in [-0.2, 0) is 6.54 Å². The van der Waals surface area contributed by atoms with Gasteiger partial charge in [-0.3, -0.25) is 0 Å². The lowest BCUT2D eigenvalue weighted by Crippen LogP contribution is -2.38. The fraction of sp³-hybridized carbons (Fsp3) is 0.250. The molecule has 3 aromatic rings. The molecule has 0 aliphatic carbocycles. The van der Waals surface area contributed by atoms with Crippen molar-refractivity contribution >= 4 is 5.96 Å². The molecule has 6 nitrogen and oxygen atoms in total. The monoisotopic (exact) mass is 348 g/mol. The molecule has 0 aliphatic heterocycles. The molecule has 1 atom stereocenters. The van der Waals surface area contributed by atoms with Crippen molar-refractivity contribution in [1.82, 2.24) is 25.4 Å². The Morgan fingerprint density at radius 3 is 2.73 bits per heavy atom. The second kappa shape index (κ2) is 8.80. The highest BCUT2D eigenvalue weighted by Gasteiger charge is 2.07. The van der Waals surface area contributed by atoms with E-state index in [1.165, 1.54) is 5.56 Å². The van der Waals surface area contributed by atoms with E-state index >= 15 is 0 Å². The van der Waals surface area contributed by atoms with Crippen molar-refractivity contribution in [2.75, 3.05) is 6.54 Å². The van der Waals surface area contributed by atoms with E-state index in [9.17, 15) is 0 Å². The number of hydrogen-bond acceptors (Lipinski definition) is 3. The lowest BCUT2D eigenvalue weighted by molar-refractivity contribution is 0.686. The minimum absolute atomic E-state index is 0.172. The topological polar surface area (TPSA) is 67.1 Å². The van der Waals surface area contributed by atoms with E-state index < -0.39 is 0 Å². The maximum Gasteiger partial charge on any atom is 0.192 e. The first-order valence-electron chi connectivity index (χ1n) is 8.81. The summed E-state index contributed by atoms with van der Waals surface area (Å²) in [6.07, 6.45) is 5.40. The number of aliphatic imine (C=N–C) groups is 1. The first-order valence-corrected chi connectivity index (χ1v) is 8.81. The van der Waals surface area contributed by atoms with Crippen LogP contribution in [0.5, 0.6) is 0 Å². The highest BCUT2D eigenvalue weighted by molar-refractivity contribution is 5.80. The van der Waals surface area contributed by atoms with E-state index in [-0.39, 0.29) is 6.04 Å². The smallest absolute Gasteiger partial charge is 0.192 e. The summed E-state index contributed by atoms with van der Waals surface area (Å²) in [5.41, 5.74) is 2.30. The zero-order chi connectivity index (χ0) is 18.2. The van der Waals surface area contributed by atoms with Crippen LogP contribution in [0.4, 0.5) is 0 Å². The molecule has 0 fully saturated rings. The van der Waals surface area contributed by atoms with Gasteiger partial charge in [-0.05, 0) is 43.2 Å². The molecule has 0 saturated heterocycles.